The van der Waals surface area contributed by atoms with Gasteiger partial charge in [0.2, 0.25) is 5.95 Å². The van der Waals surface area contributed by atoms with Crippen molar-refractivity contribution in [1.82, 2.24) is 9.97 Å². The summed E-state index contributed by atoms with van der Waals surface area (Å²) in [4.78, 5) is 30.6. The number of aromatic nitrogens is 2. The third-order valence-corrected chi connectivity index (χ3v) is 5.60. The van der Waals surface area contributed by atoms with Crippen LogP contribution in [0, 0.1) is 0 Å². The monoisotopic (exact) mass is 406 g/mol. The molecular weight excluding hydrogens is 384 g/mol. The van der Waals surface area contributed by atoms with Crippen molar-refractivity contribution in [3.63, 3.8) is 0 Å². The molecule has 0 saturated carbocycles. The highest BCUT2D eigenvalue weighted by Gasteiger charge is 2.29. The number of esters is 1. The van der Waals surface area contributed by atoms with E-state index in [2.05, 4.69) is 9.97 Å². The molecule has 0 amide bonds. The van der Waals surface area contributed by atoms with Crippen molar-refractivity contribution in [3.8, 4) is 0 Å². The van der Waals surface area contributed by atoms with Gasteiger partial charge in [0.25, 0.3) is 5.56 Å². The van der Waals surface area contributed by atoms with Crippen LogP contribution in [0.5, 0.6) is 0 Å². The van der Waals surface area contributed by atoms with Crippen LogP contribution in [0.1, 0.15) is 22.3 Å². The Kier molecular flexibility index (Phi) is 6.55. The molecule has 0 radical (unpaired) electrons. The van der Waals surface area contributed by atoms with Gasteiger partial charge in [-0.3, -0.25) is 9.78 Å². The minimum Gasteiger partial charge on any atom is -0.465 e. The second-order valence-electron chi connectivity index (χ2n) is 6.16. The molecule has 1 aromatic carbocycles. The van der Waals surface area contributed by atoms with Crippen molar-refractivity contribution >= 4 is 29.5 Å². The normalized spacial score (nSPS) is 15.5. The Morgan fingerprint density at radius 1 is 1.39 bits per heavy atom. The van der Waals surface area contributed by atoms with Crippen molar-refractivity contribution in [2.24, 2.45) is 0 Å². The van der Waals surface area contributed by atoms with E-state index in [1.807, 2.05) is 6.07 Å². The summed E-state index contributed by atoms with van der Waals surface area (Å²) in [7, 11) is 1.35. The number of carbonyl (C=O) groups is 1. The molecule has 2 aromatic rings. The van der Waals surface area contributed by atoms with E-state index < -0.39 is 11.8 Å². The lowest BCUT2D eigenvalue weighted by atomic mass is 10.0. The van der Waals surface area contributed by atoms with Crippen molar-refractivity contribution in [3.05, 3.63) is 45.7 Å². The van der Waals surface area contributed by atoms with E-state index in [1.165, 1.54) is 18.9 Å². The van der Waals surface area contributed by atoms with Crippen LogP contribution < -0.4 is 17.0 Å². The maximum absolute atomic E-state index is 12.2. The fourth-order valence-corrected chi connectivity index (χ4v) is 4.02. The first-order chi connectivity index (χ1) is 13.5. The van der Waals surface area contributed by atoms with Gasteiger partial charge < -0.3 is 25.7 Å². The van der Waals surface area contributed by atoms with E-state index >= 15 is 0 Å². The van der Waals surface area contributed by atoms with Gasteiger partial charge in [-0.1, -0.05) is 12.1 Å². The zero-order valence-corrected chi connectivity index (χ0v) is 16.2. The first-order valence-corrected chi connectivity index (χ1v) is 9.58. The van der Waals surface area contributed by atoms with Crippen LogP contribution in [0.2, 0.25) is 0 Å². The first kappa shape index (κ1) is 20.2. The molecule has 0 aliphatic carbocycles. The van der Waals surface area contributed by atoms with Gasteiger partial charge in [-0.2, -0.15) is 4.98 Å². The molecule has 1 fully saturated rings. The van der Waals surface area contributed by atoms with Crippen molar-refractivity contribution in [2.75, 3.05) is 31.8 Å². The molecule has 1 unspecified atom stereocenters. The number of nitrogen functional groups attached to an aromatic ring is 2. The number of aromatic amines is 1. The largest absolute Gasteiger partial charge is 0.465 e. The summed E-state index contributed by atoms with van der Waals surface area (Å²) >= 11 is 1.25. The zero-order valence-electron chi connectivity index (χ0n) is 15.3. The summed E-state index contributed by atoms with van der Waals surface area (Å²) in [5, 5.41) is -0.196. The Hall–Kier alpha value is -2.56. The summed E-state index contributed by atoms with van der Waals surface area (Å²) in [6.07, 6.45) is 0.806. The minimum atomic E-state index is -0.467. The third-order valence-electron chi connectivity index (χ3n) is 4.21. The number of benzene rings is 1. The van der Waals surface area contributed by atoms with E-state index in [0.717, 1.165) is 5.56 Å². The number of methoxy groups -OCH3 is 1. The number of rotatable bonds is 7. The summed E-state index contributed by atoms with van der Waals surface area (Å²) in [5.74, 6) is -0.346. The lowest BCUT2D eigenvalue weighted by molar-refractivity contribution is -0.0427. The number of hydrogen-bond donors (Lipinski definition) is 3. The van der Waals surface area contributed by atoms with Gasteiger partial charge in [0.15, 0.2) is 6.29 Å². The molecule has 150 valence electrons. The van der Waals surface area contributed by atoms with Gasteiger partial charge in [-0.05, 0) is 30.5 Å². The molecule has 3 rings (SSSR count). The number of anilines is 2. The summed E-state index contributed by atoms with van der Waals surface area (Å²) in [5.41, 5.74) is 12.5. The van der Waals surface area contributed by atoms with Gasteiger partial charge in [-0.15, -0.1) is 11.8 Å². The number of thioether (sulfide) groups is 1. The van der Waals surface area contributed by atoms with Crippen LogP contribution in [-0.2, 0) is 20.6 Å². The molecule has 1 aliphatic rings. The lowest BCUT2D eigenvalue weighted by Gasteiger charge is -2.22. The Labute approximate surface area is 165 Å². The molecule has 0 spiro atoms. The molecule has 0 bridgehead atoms. The molecule has 1 atom stereocenters. The van der Waals surface area contributed by atoms with Gasteiger partial charge in [0.05, 0.1) is 31.1 Å². The highest BCUT2D eigenvalue weighted by molar-refractivity contribution is 8.00. The Morgan fingerprint density at radius 2 is 2.14 bits per heavy atom. The highest BCUT2D eigenvalue weighted by atomic mass is 32.2. The third kappa shape index (κ3) is 4.83. The molecule has 2 heterocycles. The van der Waals surface area contributed by atoms with Gasteiger partial charge in [-0.25, -0.2) is 4.79 Å². The second-order valence-corrected chi connectivity index (χ2v) is 7.41. The number of hydrogen-bond acceptors (Lipinski definition) is 9. The van der Waals surface area contributed by atoms with E-state index in [1.54, 1.807) is 18.2 Å². The Morgan fingerprint density at radius 3 is 2.82 bits per heavy atom. The predicted octanol–water partition coefficient (Wildman–Crippen LogP) is 1.19. The number of nitrogens with one attached hydrogen (secondary N) is 1. The maximum atomic E-state index is 12.2. The summed E-state index contributed by atoms with van der Waals surface area (Å²) in [6, 6.07) is 7.22. The van der Waals surface area contributed by atoms with E-state index in [4.69, 9.17) is 25.7 Å². The Balaban J connectivity index is 1.76. The standard InChI is InChI=1S/C18H22N4O5S/c1-25-16(24)11-4-2-3-10(9-11)5-6-12(17-26-7-8-27-17)28-13-14(19)21-18(20)22-15(13)23/h2-4,9,12,17H,5-8H2,1H3,(H5,19,20,21,22,23). The predicted molar refractivity (Wildman–Crippen MR) is 105 cm³/mol. The van der Waals surface area contributed by atoms with Crippen LogP contribution in [0.15, 0.2) is 34.0 Å². The van der Waals surface area contributed by atoms with Crippen LogP contribution >= 0.6 is 11.8 Å². The van der Waals surface area contributed by atoms with Crippen molar-refractivity contribution < 1.29 is 19.0 Å². The van der Waals surface area contributed by atoms with Gasteiger partial charge in [0, 0.05) is 0 Å². The van der Waals surface area contributed by atoms with Crippen LogP contribution in [0.3, 0.4) is 0 Å². The molecule has 9 nitrogen and oxygen atoms in total. The molecule has 1 aliphatic heterocycles. The lowest BCUT2D eigenvalue weighted by Crippen LogP contribution is -2.27. The molecular formula is C18H22N4O5S. The summed E-state index contributed by atoms with van der Waals surface area (Å²) < 4.78 is 16.0. The number of H-pyrrole nitrogens is 1. The number of ether oxygens (including phenoxy) is 3. The minimum absolute atomic E-state index is 0.0311. The number of nitrogens with two attached hydrogens (primary N) is 2. The molecule has 1 aromatic heterocycles. The fourth-order valence-electron chi connectivity index (χ4n) is 2.89. The maximum Gasteiger partial charge on any atom is 0.337 e. The van der Waals surface area contributed by atoms with E-state index in [-0.39, 0.29) is 27.9 Å². The molecule has 10 heteroatoms. The smallest absolute Gasteiger partial charge is 0.337 e. The first-order valence-electron chi connectivity index (χ1n) is 8.70. The topological polar surface area (TPSA) is 143 Å². The van der Waals surface area contributed by atoms with Crippen LogP contribution in [0.25, 0.3) is 0 Å². The van der Waals surface area contributed by atoms with Crippen molar-refractivity contribution in [1.29, 1.82) is 0 Å². The average molecular weight is 406 g/mol. The van der Waals surface area contributed by atoms with Gasteiger partial charge in [0.1, 0.15) is 10.7 Å². The molecule has 5 N–H and O–H groups in total. The summed E-state index contributed by atoms with van der Waals surface area (Å²) in [6.45, 7) is 0.983. The zero-order chi connectivity index (χ0) is 20.1. The molecule has 28 heavy (non-hydrogen) atoms. The average Bonchev–Trinajstić information content (AvgIpc) is 3.21. The quantitative estimate of drug-likeness (QED) is 0.456. The SMILES string of the molecule is COC(=O)c1cccc(CCC(Sc2c(N)nc(N)[nH]c2=O)C2OCCO2)c1. The number of aryl methyl sites for hydroxylation is 1. The Bertz CT molecular complexity index is 898. The highest BCUT2D eigenvalue weighted by Crippen LogP contribution is 2.32. The van der Waals surface area contributed by atoms with Crippen LogP contribution in [0.4, 0.5) is 11.8 Å². The van der Waals surface area contributed by atoms with Crippen molar-refractivity contribution in [2.45, 2.75) is 29.3 Å². The fraction of sp³-hybridized carbons (Fsp3) is 0.389. The second kappa shape index (κ2) is 9.09. The number of nitrogens with zero attached hydrogens (tertiary/aromatic N) is 1. The van der Waals surface area contributed by atoms with Crippen LogP contribution in [-0.4, -0.2) is 47.8 Å². The number of carbonyl (C=O) groups excluding carboxylic acids is 1. The molecule has 1 saturated heterocycles. The van der Waals surface area contributed by atoms with E-state index in [0.29, 0.717) is 31.6 Å². The van der Waals surface area contributed by atoms with E-state index in [9.17, 15) is 9.59 Å². The van der Waals surface area contributed by atoms with Gasteiger partial charge >= 0.3 is 5.97 Å².